The van der Waals surface area contributed by atoms with Gasteiger partial charge in [0.15, 0.2) is 0 Å². The molecule has 102 valence electrons. The first-order chi connectivity index (χ1) is 8.75. The average molecular weight is 247 g/mol. The van der Waals surface area contributed by atoms with Gasteiger partial charge in [0.05, 0.1) is 0 Å². The van der Waals surface area contributed by atoms with E-state index < -0.39 is 0 Å². The van der Waals surface area contributed by atoms with Crippen LogP contribution in [0.4, 0.5) is 0 Å². The van der Waals surface area contributed by atoms with Gasteiger partial charge in [0.2, 0.25) is 0 Å². The van der Waals surface area contributed by atoms with E-state index in [2.05, 4.69) is 11.9 Å². The van der Waals surface area contributed by atoms with Crippen molar-refractivity contribution in [2.45, 2.75) is 82.2 Å². The standard InChI is InChI=1S/C17H29N/c1-18(16-5-3-2-4-6-16)17-10-13-7-14(11-17)9-15(8-13)12-17/h13-16H,2-12H2,1H3. The highest BCUT2D eigenvalue weighted by Crippen LogP contribution is 2.58. The minimum absolute atomic E-state index is 0.650. The van der Waals surface area contributed by atoms with Gasteiger partial charge in [-0.3, -0.25) is 4.90 Å². The van der Waals surface area contributed by atoms with Crippen LogP contribution in [0.25, 0.3) is 0 Å². The molecule has 0 aromatic carbocycles. The molecule has 5 rings (SSSR count). The Morgan fingerprint density at radius 3 is 1.78 bits per heavy atom. The van der Waals surface area contributed by atoms with Crippen molar-refractivity contribution in [2.75, 3.05) is 7.05 Å². The van der Waals surface area contributed by atoms with E-state index in [4.69, 9.17) is 0 Å². The maximum atomic E-state index is 2.90. The summed E-state index contributed by atoms with van der Waals surface area (Å²) in [5, 5.41) is 0. The van der Waals surface area contributed by atoms with Crippen molar-refractivity contribution in [3.05, 3.63) is 0 Å². The smallest absolute Gasteiger partial charge is 0.0217 e. The molecule has 0 heterocycles. The lowest BCUT2D eigenvalue weighted by molar-refractivity contribution is -0.0977. The van der Waals surface area contributed by atoms with Crippen LogP contribution in [0.5, 0.6) is 0 Å². The second-order valence-corrected chi connectivity index (χ2v) is 8.04. The molecule has 0 atom stereocenters. The summed E-state index contributed by atoms with van der Waals surface area (Å²) in [6.45, 7) is 0. The average Bonchev–Trinajstić information content (AvgIpc) is 2.37. The van der Waals surface area contributed by atoms with E-state index in [9.17, 15) is 0 Å². The van der Waals surface area contributed by atoms with Crippen LogP contribution in [-0.4, -0.2) is 23.5 Å². The van der Waals surface area contributed by atoms with Gasteiger partial charge in [-0.2, -0.15) is 0 Å². The highest BCUT2D eigenvalue weighted by molar-refractivity contribution is 5.07. The van der Waals surface area contributed by atoms with E-state index in [0.717, 1.165) is 23.8 Å². The summed E-state index contributed by atoms with van der Waals surface area (Å²) in [4.78, 5) is 2.90. The fourth-order valence-electron chi connectivity index (χ4n) is 6.35. The van der Waals surface area contributed by atoms with Gasteiger partial charge in [0.1, 0.15) is 0 Å². The molecule has 5 fully saturated rings. The third-order valence-electron chi connectivity index (χ3n) is 6.88. The lowest BCUT2D eigenvalue weighted by Crippen LogP contribution is -2.61. The maximum absolute atomic E-state index is 2.90. The molecule has 5 aliphatic rings. The van der Waals surface area contributed by atoms with E-state index in [0.29, 0.717) is 5.54 Å². The minimum Gasteiger partial charge on any atom is -0.298 e. The summed E-state index contributed by atoms with van der Waals surface area (Å²) in [6.07, 6.45) is 16.8. The molecule has 0 aromatic rings. The fraction of sp³-hybridized carbons (Fsp3) is 1.00. The molecule has 0 radical (unpaired) electrons. The van der Waals surface area contributed by atoms with Crippen molar-refractivity contribution in [1.82, 2.24) is 4.90 Å². The quantitative estimate of drug-likeness (QED) is 0.706. The second kappa shape index (κ2) is 4.23. The molecule has 0 spiro atoms. The fourth-order valence-corrected chi connectivity index (χ4v) is 6.35. The van der Waals surface area contributed by atoms with Crippen LogP contribution in [0.3, 0.4) is 0 Å². The van der Waals surface area contributed by atoms with Crippen molar-refractivity contribution >= 4 is 0 Å². The van der Waals surface area contributed by atoms with E-state index in [1.54, 1.807) is 38.5 Å². The number of hydrogen-bond acceptors (Lipinski definition) is 1. The van der Waals surface area contributed by atoms with Crippen molar-refractivity contribution in [3.8, 4) is 0 Å². The molecule has 0 unspecified atom stereocenters. The number of rotatable bonds is 2. The third kappa shape index (κ3) is 1.77. The zero-order chi connectivity index (χ0) is 12.2. The van der Waals surface area contributed by atoms with Gasteiger partial charge in [0.25, 0.3) is 0 Å². The summed E-state index contributed by atoms with van der Waals surface area (Å²) in [5.74, 6) is 3.30. The number of nitrogens with zero attached hydrogens (tertiary/aromatic N) is 1. The summed E-state index contributed by atoms with van der Waals surface area (Å²) in [7, 11) is 2.49. The summed E-state index contributed by atoms with van der Waals surface area (Å²) >= 11 is 0. The van der Waals surface area contributed by atoms with Gasteiger partial charge in [0, 0.05) is 11.6 Å². The second-order valence-electron chi connectivity index (χ2n) is 8.04. The van der Waals surface area contributed by atoms with Crippen LogP contribution in [0, 0.1) is 17.8 Å². The lowest BCUT2D eigenvalue weighted by Gasteiger charge is -2.61. The van der Waals surface area contributed by atoms with Crippen LogP contribution in [0.2, 0.25) is 0 Å². The summed E-state index contributed by atoms with van der Waals surface area (Å²) < 4.78 is 0. The van der Waals surface area contributed by atoms with Gasteiger partial charge in [-0.15, -0.1) is 0 Å². The Bertz CT molecular complexity index is 280. The van der Waals surface area contributed by atoms with Crippen molar-refractivity contribution in [2.24, 2.45) is 17.8 Å². The lowest BCUT2D eigenvalue weighted by atomic mass is 9.52. The normalized spacial score (nSPS) is 48.0. The Morgan fingerprint density at radius 2 is 1.28 bits per heavy atom. The Morgan fingerprint density at radius 1 is 0.778 bits per heavy atom. The molecule has 5 saturated carbocycles. The van der Waals surface area contributed by atoms with E-state index in [1.807, 2.05) is 0 Å². The third-order valence-corrected chi connectivity index (χ3v) is 6.88. The monoisotopic (exact) mass is 247 g/mol. The van der Waals surface area contributed by atoms with Crippen molar-refractivity contribution in [1.29, 1.82) is 0 Å². The summed E-state index contributed by atoms with van der Waals surface area (Å²) in [6, 6.07) is 0.926. The van der Waals surface area contributed by atoms with Gasteiger partial charge in [-0.1, -0.05) is 19.3 Å². The Hall–Kier alpha value is -0.0400. The van der Waals surface area contributed by atoms with E-state index in [1.165, 1.54) is 32.1 Å². The van der Waals surface area contributed by atoms with Crippen LogP contribution in [-0.2, 0) is 0 Å². The van der Waals surface area contributed by atoms with Gasteiger partial charge in [-0.25, -0.2) is 0 Å². The Labute approximate surface area is 112 Å². The highest BCUT2D eigenvalue weighted by atomic mass is 15.2. The molecule has 0 N–H and O–H groups in total. The van der Waals surface area contributed by atoms with Crippen molar-refractivity contribution < 1.29 is 0 Å². The van der Waals surface area contributed by atoms with Crippen LogP contribution in [0.15, 0.2) is 0 Å². The Balaban J connectivity index is 1.55. The minimum atomic E-state index is 0.650. The molecule has 0 amide bonds. The SMILES string of the molecule is CN(C1CCCCC1)C12CC3CC(CC(C3)C1)C2. The number of hydrogen-bond donors (Lipinski definition) is 0. The molecular formula is C17H29N. The predicted molar refractivity (Wildman–Crippen MR) is 75.5 cm³/mol. The zero-order valence-electron chi connectivity index (χ0n) is 12.0. The first kappa shape index (κ1) is 11.8. The zero-order valence-corrected chi connectivity index (χ0v) is 12.0. The van der Waals surface area contributed by atoms with E-state index in [-0.39, 0.29) is 0 Å². The molecule has 0 aliphatic heterocycles. The van der Waals surface area contributed by atoms with Crippen LogP contribution in [0.1, 0.15) is 70.6 Å². The first-order valence-electron chi connectivity index (χ1n) is 8.48. The molecule has 0 saturated heterocycles. The summed E-state index contributed by atoms with van der Waals surface area (Å²) in [5.41, 5.74) is 0.650. The Kier molecular flexibility index (Phi) is 2.76. The largest absolute Gasteiger partial charge is 0.298 e. The molecule has 18 heavy (non-hydrogen) atoms. The van der Waals surface area contributed by atoms with Crippen LogP contribution >= 0.6 is 0 Å². The molecule has 5 aliphatic carbocycles. The molecule has 4 bridgehead atoms. The maximum Gasteiger partial charge on any atom is 0.0217 e. The topological polar surface area (TPSA) is 3.24 Å². The van der Waals surface area contributed by atoms with E-state index >= 15 is 0 Å². The van der Waals surface area contributed by atoms with Gasteiger partial charge in [-0.05, 0) is 76.2 Å². The van der Waals surface area contributed by atoms with Crippen LogP contribution < -0.4 is 0 Å². The van der Waals surface area contributed by atoms with Gasteiger partial charge >= 0.3 is 0 Å². The first-order valence-corrected chi connectivity index (χ1v) is 8.48. The molecule has 0 aromatic heterocycles. The van der Waals surface area contributed by atoms with Crippen molar-refractivity contribution in [3.63, 3.8) is 0 Å². The van der Waals surface area contributed by atoms with Gasteiger partial charge < -0.3 is 0 Å². The predicted octanol–water partition coefficient (Wildman–Crippen LogP) is 4.22. The highest BCUT2D eigenvalue weighted by Gasteiger charge is 2.53. The molecule has 1 heteroatoms. The molecule has 1 nitrogen and oxygen atoms in total. The molecular weight excluding hydrogens is 218 g/mol.